The molecule has 0 atom stereocenters. The van der Waals surface area contributed by atoms with Crippen LogP contribution in [-0.4, -0.2) is 33.1 Å². The molecule has 22 heavy (non-hydrogen) atoms. The molecule has 6 nitrogen and oxygen atoms in total. The smallest absolute Gasteiger partial charge is 0.230 e. The van der Waals surface area contributed by atoms with Crippen LogP contribution >= 0.6 is 23.4 Å². The number of hydrogen-bond acceptors (Lipinski definition) is 5. The summed E-state index contributed by atoms with van der Waals surface area (Å²) in [6, 6.07) is 7.28. The number of nitrogens with one attached hydrogen (secondary N) is 1. The van der Waals surface area contributed by atoms with Gasteiger partial charge in [0.05, 0.1) is 10.8 Å². The van der Waals surface area contributed by atoms with Crippen molar-refractivity contribution in [2.45, 2.75) is 18.0 Å². The number of aromatic nitrogens is 3. The summed E-state index contributed by atoms with van der Waals surface area (Å²) in [5, 5.41) is 12.0. The van der Waals surface area contributed by atoms with E-state index in [0.29, 0.717) is 27.5 Å². The molecule has 1 aliphatic rings. The number of carbonyl (C=O) groups excluding carboxylic acids is 1. The largest absolute Gasteiger partial charge is 0.355 e. The van der Waals surface area contributed by atoms with Gasteiger partial charge in [0.1, 0.15) is 0 Å². The van der Waals surface area contributed by atoms with E-state index in [0.717, 1.165) is 6.54 Å². The number of hydrogen-bond donors (Lipinski definition) is 2. The Labute approximate surface area is 137 Å². The molecular formula is C14H16ClN5OS. The van der Waals surface area contributed by atoms with Crippen molar-refractivity contribution in [1.82, 2.24) is 20.2 Å². The second-order valence-corrected chi connectivity index (χ2v) is 6.54. The van der Waals surface area contributed by atoms with E-state index in [4.69, 9.17) is 17.4 Å². The summed E-state index contributed by atoms with van der Waals surface area (Å²) < 4.78 is 1.36. The average molecular weight is 338 g/mol. The van der Waals surface area contributed by atoms with Gasteiger partial charge in [-0.15, -0.1) is 10.2 Å². The highest BCUT2D eigenvalue weighted by Crippen LogP contribution is 2.28. The fourth-order valence-corrected chi connectivity index (χ4v) is 2.87. The third-order valence-electron chi connectivity index (χ3n) is 3.40. The fraction of sp³-hybridized carbons (Fsp3) is 0.357. The first-order valence-electron chi connectivity index (χ1n) is 7.00. The predicted octanol–water partition coefficient (Wildman–Crippen LogP) is 1.93. The molecule has 1 fully saturated rings. The minimum absolute atomic E-state index is 0.0146. The third kappa shape index (κ3) is 3.53. The predicted molar refractivity (Wildman–Crippen MR) is 87.1 cm³/mol. The van der Waals surface area contributed by atoms with E-state index >= 15 is 0 Å². The maximum atomic E-state index is 11.7. The molecule has 1 amide bonds. The van der Waals surface area contributed by atoms with Crippen LogP contribution in [-0.2, 0) is 4.79 Å². The number of thioether (sulfide) groups is 1. The van der Waals surface area contributed by atoms with Crippen LogP contribution in [0.5, 0.6) is 0 Å². The van der Waals surface area contributed by atoms with Gasteiger partial charge in [-0.2, -0.15) is 0 Å². The van der Waals surface area contributed by atoms with Crippen LogP contribution in [0.2, 0.25) is 5.02 Å². The number of nitrogens with zero attached hydrogens (tertiary/aromatic N) is 3. The zero-order valence-corrected chi connectivity index (χ0v) is 13.4. The summed E-state index contributed by atoms with van der Waals surface area (Å²) in [5.74, 6) is 7.40. The number of benzene rings is 1. The summed E-state index contributed by atoms with van der Waals surface area (Å²) in [7, 11) is 0. The molecule has 0 radical (unpaired) electrons. The van der Waals surface area contributed by atoms with Gasteiger partial charge in [-0.1, -0.05) is 35.5 Å². The first-order valence-corrected chi connectivity index (χ1v) is 8.36. The number of nitrogen functional groups attached to an aromatic ring is 1. The molecule has 1 aromatic heterocycles. The van der Waals surface area contributed by atoms with Gasteiger partial charge in [0.15, 0.2) is 5.82 Å². The molecule has 0 bridgehead atoms. The van der Waals surface area contributed by atoms with Gasteiger partial charge in [-0.25, -0.2) is 4.68 Å². The van der Waals surface area contributed by atoms with Crippen molar-refractivity contribution in [2.75, 3.05) is 18.1 Å². The fourth-order valence-electron chi connectivity index (χ4n) is 1.96. The Morgan fingerprint density at radius 2 is 2.18 bits per heavy atom. The third-order valence-corrected chi connectivity index (χ3v) is 4.67. The van der Waals surface area contributed by atoms with Gasteiger partial charge >= 0.3 is 0 Å². The lowest BCUT2D eigenvalue weighted by molar-refractivity contribution is -0.118. The van der Waals surface area contributed by atoms with Crippen LogP contribution in [0.25, 0.3) is 11.4 Å². The van der Waals surface area contributed by atoms with Gasteiger partial charge < -0.3 is 11.2 Å². The summed E-state index contributed by atoms with van der Waals surface area (Å²) in [4.78, 5) is 11.7. The molecular weight excluding hydrogens is 322 g/mol. The van der Waals surface area contributed by atoms with Crippen molar-refractivity contribution in [3.8, 4) is 11.4 Å². The van der Waals surface area contributed by atoms with Crippen molar-refractivity contribution in [3.05, 3.63) is 29.3 Å². The van der Waals surface area contributed by atoms with E-state index in [2.05, 4.69) is 15.5 Å². The molecule has 116 valence electrons. The van der Waals surface area contributed by atoms with Gasteiger partial charge in [0, 0.05) is 12.1 Å². The molecule has 1 aliphatic carbocycles. The summed E-state index contributed by atoms with van der Waals surface area (Å²) >= 11 is 7.39. The molecule has 1 saturated carbocycles. The van der Waals surface area contributed by atoms with Crippen LogP contribution in [0.15, 0.2) is 29.4 Å². The molecule has 3 rings (SSSR count). The molecule has 1 heterocycles. The van der Waals surface area contributed by atoms with E-state index in [1.165, 1.54) is 29.3 Å². The Bertz CT molecular complexity index is 686. The zero-order chi connectivity index (χ0) is 15.5. The van der Waals surface area contributed by atoms with E-state index < -0.39 is 0 Å². The molecule has 2 aromatic rings. The lowest BCUT2D eigenvalue weighted by atomic mass is 10.2. The lowest BCUT2D eigenvalue weighted by Crippen LogP contribution is -2.27. The van der Waals surface area contributed by atoms with Crippen LogP contribution < -0.4 is 11.2 Å². The first-order chi connectivity index (χ1) is 10.6. The van der Waals surface area contributed by atoms with Crippen molar-refractivity contribution in [3.63, 3.8) is 0 Å². The SMILES string of the molecule is Nn1c(SCC(=O)NCC2CC2)nnc1-c1ccccc1Cl. The Balaban J connectivity index is 1.63. The average Bonchev–Trinajstić information content (AvgIpc) is 3.27. The quantitative estimate of drug-likeness (QED) is 0.621. The minimum Gasteiger partial charge on any atom is -0.355 e. The Kier molecular flexibility index (Phi) is 4.54. The zero-order valence-electron chi connectivity index (χ0n) is 11.8. The normalized spacial score (nSPS) is 14.0. The summed E-state index contributed by atoms with van der Waals surface area (Å²) in [6.45, 7) is 0.763. The molecule has 0 spiro atoms. The van der Waals surface area contributed by atoms with Gasteiger partial charge in [0.25, 0.3) is 0 Å². The maximum absolute atomic E-state index is 11.7. The van der Waals surface area contributed by atoms with Crippen molar-refractivity contribution in [2.24, 2.45) is 5.92 Å². The van der Waals surface area contributed by atoms with Crippen LogP contribution in [0, 0.1) is 5.92 Å². The van der Waals surface area contributed by atoms with Crippen LogP contribution in [0.4, 0.5) is 0 Å². The van der Waals surface area contributed by atoms with E-state index in [1.54, 1.807) is 6.07 Å². The molecule has 1 aromatic carbocycles. The number of nitrogens with two attached hydrogens (primary N) is 1. The standard InChI is InChI=1S/C14H16ClN5OS/c15-11-4-2-1-3-10(11)13-18-19-14(20(13)16)22-8-12(21)17-7-9-5-6-9/h1-4,9H,5-8,16H2,(H,17,21). The van der Waals surface area contributed by atoms with E-state index in [-0.39, 0.29) is 11.7 Å². The van der Waals surface area contributed by atoms with E-state index in [9.17, 15) is 4.79 Å². The van der Waals surface area contributed by atoms with Crippen LogP contribution in [0.1, 0.15) is 12.8 Å². The first kappa shape index (κ1) is 15.2. The summed E-state index contributed by atoms with van der Waals surface area (Å²) in [6.07, 6.45) is 2.43. The molecule has 8 heteroatoms. The minimum atomic E-state index is -0.0146. The van der Waals surface area contributed by atoms with E-state index in [1.807, 2.05) is 18.2 Å². The Morgan fingerprint density at radius 1 is 1.41 bits per heavy atom. The highest BCUT2D eigenvalue weighted by atomic mass is 35.5. The van der Waals surface area contributed by atoms with Crippen LogP contribution in [0.3, 0.4) is 0 Å². The van der Waals surface area contributed by atoms with Crippen molar-refractivity contribution in [1.29, 1.82) is 0 Å². The lowest BCUT2D eigenvalue weighted by Gasteiger charge is -2.05. The van der Waals surface area contributed by atoms with Gasteiger partial charge in [0.2, 0.25) is 11.1 Å². The Hall–Kier alpha value is -1.73. The molecule has 3 N–H and O–H groups in total. The number of carbonyl (C=O) groups is 1. The monoisotopic (exact) mass is 337 g/mol. The number of amides is 1. The topological polar surface area (TPSA) is 85.8 Å². The number of halogens is 1. The second-order valence-electron chi connectivity index (χ2n) is 5.19. The Morgan fingerprint density at radius 3 is 2.91 bits per heavy atom. The van der Waals surface area contributed by atoms with Gasteiger partial charge in [-0.05, 0) is 30.9 Å². The molecule has 0 saturated heterocycles. The molecule has 0 aliphatic heterocycles. The number of rotatable bonds is 6. The highest BCUT2D eigenvalue weighted by Gasteiger charge is 2.22. The second kappa shape index (κ2) is 6.58. The van der Waals surface area contributed by atoms with Crippen molar-refractivity contribution < 1.29 is 4.79 Å². The summed E-state index contributed by atoms with van der Waals surface area (Å²) in [5.41, 5.74) is 0.712. The highest BCUT2D eigenvalue weighted by molar-refractivity contribution is 7.99. The van der Waals surface area contributed by atoms with Crippen molar-refractivity contribution >= 4 is 29.3 Å². The molecule has 0 unspecified atom stereocenters. The maximum Gasteiger partial charge on any atom is 0.230 e. The van der Waals surface area contributed by atoms with Gasteiger partial charge in [-0.3, -0.25) is 4.79 Å².